The monoisotopic (exact) mass is 541 g/mol. The topological polar surface area (TPSA) is 3.24 Å². The van der Waals surface area contributed by atoms with Crippen LogP contribution in [-0.4, -0.2) is 0 Å². The second kappa shape index (κ2) is 9.62. The lowest BCUT2D eigenvalue weighted by molar-refractivity contribution is 1.30. The minimum atomic E-state index is 1.15. The SMILES string of the molecule is Cc1ccc(N(c2ccc3ccccc3c2-c2ccc3ccccc3c2)c2cccc3c2sc2ccccc23)cc1. The second-order valence-corrected chi connectivity index (χ2v) is 11.7. The first-order valence-corrected chi connectivity index (χ1v) is 14.8. The van der Waals surface area contributed by atoms with Gasteiger partial charge in [-0.3, -0.25) is 0 Å². The van der Waals surface area contributed by atoms with E-state index in [0.29, 0.717) is 0 Å². The van der Waals surface area contributed by atoms with Gasteiger partial charge in [0.2, 0.25) is 0 Å². The fourth-order valence-corrected chi connectivity index (χ4v) is 7.31. The molecule has 0 spiro atoms. The van der Waals surface area contributed by atoms with Gasteiger partial charge < -0.3 is 4.90 Å². The molecule has 0 saturated carbocycles. The van der Waals surface area contributed by atoms with E-state index in [-0.39, 0.29) is 0 Å². The lowest BCUT2D eigenvalue weighted by atomic mass is 9.93. The van der Waals surface area contributed by atoms with Gasteiger partial charge in [-0.25, -0.2) is 0 Å². The largest absolute Gasteiger partial charge is 0.308 e. The number of hydrogen-bond acceptors (Lipinski definition) is 2. The molecule has 0 aliphatic heterocycles. The molecule has 0 saturated heterocycles. The van der Waals surface area contributed by atoms with Gasteiger partial charge in [-0.2, -0.15) is 0 Å². The first kappa shape index (κ1) is 23.9. The first-order chi connectivity index (χ1) is 20.2. The summed E-state index contributed by atoms with van der Waals surface area (Å²) in [5.74, 6) is 0. The van der Waals surface area contributed by atoms with Crippen LogP contribution < -0.4 is 4.90 Å². The third kappa shape index (κ3) is 3.99. The molecule has 194 valence electrons. The Morgan fingerprint density at radius 1 is 0.488 bits per heavy atom. The van der Waals surface area contributed by atoms with Crippen molar-refractivity contribution in [3.05, 3.63) is 151 Å². The maximum atomic E-state index is 2.47. The number of anilines is 3. The van der Waals surface area contributed by atoms with Crippen molar-refractivity contribution in [3.8, 4) is 11.1 Å². The fourth-order valence-electron chi connectivity index (χ4n) is 6.10. The predicted octanol–water partition coefficient (Wildman–Crippen LogP) is 11.8. The Morgan fingerprint density at radius 2 is 1.17 bits per heavy atom. The summed E-state index contributed by atoms with van der Waals surface area (Å²) in [7, 11) is 0. The van der Waals surface area contributed by atoms with Crippen molar-refractivity contribution in [1.82, 2.24) is 0 Å². The zero-order valence-electron chi connectivity index (χ0n) is 22.7. The van der Waals surface area contributed by atoms with Crippen LogP contribution in [0.25, 0.3) is 52.8 Å². The first-order valence-electron chi connectivity index (χ1n) is 14.0. The molecule has 2 heteroatoms. The van der Waals surface area contributed by atoms with E-state index in [9.17, 15) is 0 Å². The summed E-state index contributed by atoms with van der Waals surface area (Å²) >= 11 is 1.87. The third-order valence-corrected chi connectivity index (χ3v) is 9.31. The van der Waals surface area contributed by atoms with Gasteiger partial charge in [0.25, 0.3) is 0 Å². The van der Waals surface area contributed by atoms with Gasteiger partial charge in [0.1, 0.15) is 0 Å². The summed E-state index contributed by atoms with van der Waals surface area (Å²) in [6.45, 7) is 2.15. The molecule has 0 amide bonds. The summed E-state index contributed by atoms with van der Waals surface area (Å²) in [5.41, 5.74) is 7.24. The predicted molar refractivity (Wildman–Crippen MR) is 179 cm³/mol. The maximum absolute atomic E-state index is 2.47. The molecule has 0 radical (unpaired) electrons. The molecule has 0 aliphatic rings. The van der Waals surface area contributed by atoms with Crippen LogP contribution in [0.1, 0.15) is 5.56 Å². The van der Waals surface area contributed by atoms with E-state index >= 15 is 0 Å². The molecule has 41 heavy (non-hydrogen) atoms. The maximum Gasteiger partial charge on any atom is 0.0640 e. The number of rotatable bonds is 4. The van der Waals surface area contributed by atoms with Gasteiger partial charge in [0.05, 0.1) is 16.1 Å². The zero-order valence-corrected chi connectivity index (χ0v) is 23.5. The fraction of sp³-hybridized carbons (Fsp3) is 0.0256. The Hall–Kier alpha value is -4.92. The van der Waals surface area contributed by atoms with Crippen molar-refractivity contribution < 1.29 is 0 Å². The van der Waals surface area contributed by atoms with Crippen LogP contribution >= 0.6 is 11.3 Å². The summed E-state index contributed by atoms with van der Waals surface area (Å²) in [6, 6.07) is 53.2. The van der Waals surface area contributed by atoms with Crippen molar-refractivity contribution >= 4 is 70.1 Å². The number of aryl methyl sites for hydroxylation is 1. The molecule has 0 N–H and O–H groups in total. The quantitative estimate of drug-likeness (QED) is 0.214. The Bertz CT molecular complexity index is 2220. The highest BCUT2D eigenvalue weighted by molar-refractivity contribution is 7.26. The number of fused-ring (bicyclic) bond motifs is 5. The van der Waals surface area contributed by atoms with E-state index in [4.69, 9.17) is 0 Å². The highest BCUT2D eigenvalue weighted by Gasteiger charge is 2.22. The van der Waals surface area contributed by atoms with Crippen LogP contribution in [0.3, 0.4) is 0 Å². The molecule has 0 fully saturated rings. The van der Waals surface area contributed by atoms with Crippen LogP contribution in [0.4, 0.5) is 17.1 Å². The van der Waals surface area contributed by atoms with Crippen LogP contribution in [-0.2, 0) is 0 Å². The van der Waals surface area contributed by atoms with Gasteiger partial charge in [-0.15, -0.1) is 11.3 Å². The minimum absolute atomic E-state index is 1.15. The van der Waals surface area contributed by atoms with E-state index in [2.05, 4.69) is 157 Å². The van der Waals surface area contributed by atoms with Crippen LogP contribution in [0, 0.1) is 6.92 Å². The van der Waals surface area contributed by atoms with E-state index in [0.717, 1.165) is 5.69 Å². The zero-order chi connectivity index (χ0) is 27.3. The molecule has 0 aliphatic carbocycles. The summed E-state index contributed by atoms with van der Waals surface area (Å²) in [6.07, 6.45) is 0. The van der Waals surface area contributed by atoms with Crippen molar-refractivity contribution in [2.24, 2.45) is 0 Å². The highest BCUT2D eigenvalue weighted by atomic mass is 32.1. The summed E-state index contributed by atoms with van der Waals surface area (Å²) in [4.78, 5) is 2.47. The van der Waals surface area contributed by atoms with E-state index < -0.39 is 0 Å². The summed E-state index contributed by atoms with van der Waals surface area (Å²) in [5, 5.41) is 7.60. The van der Waals surface area contributed by atoms with Gasteiger partial charge >= 0.3 is 0 Å². The van der Waals surface area contributed by atoms with E-state index in [1.165, 1.54) is 69.8 Å². The molecule has 7 aromatic carbocycles. The summed E-state index contributed by atoms with van der Waals surface area (Å²) < 4.78 is 2.61. The molecule has 8 aromatic rings. The normalized spacial score (nSPS) is 11.5. The van der Waals surface area contributed by atoms with Gasteiger partial charge in [-0.05, 0) is 70.4 Å². The Balaban J connectivity index is 1.48. The Kier molecular flexibility index (Phi) is 5.61. The standard InChI is InChI=1S/C39H27NS/c1-26-17-22-31(23-18-26)40(36-15-8-14-34-33-13-6-7-16-37(33)41-39(34)36)35-24-21-28-10-4-5-12-32(28)38(35)30-20-19-27-9-2-3-11-29(27)25-30/h2-25H,1H3. The molecule has 0 atom stereocenters. The molecule has 0 bridgehead atoms. The second-order valence-electron chi connectivity index (χ2n) is 10.7. The van der Waals surface area contributed by atoms with Gasteiger partial charge in [0.15, 0.2) is 0 Å². The Labute approximate surface area is 243 Å². The molecular formula is C39H27NS. The van der Waals surface area contributed by atoms with E-state index in [1.54, 1.807) is 0 Å². The third-order valence-electron chi connectivity index (χ3n) is 8.10. The van der Waals surface area contributed by atoms with Gasteiger partial charge in [-0.1, -0.05) is 115 Å². The van der Waals surface area contributed by atoms with Crippen molar-refractivity contribution in [3.63, 3.8) is 0 Å². The van der Waals surface area contributed by atoms with Gasteiger partial charge in [0, 0.05) is 26.7 Å². The molecule has 1 nitrogen and oxygen atoms in total. The highest BCUT2D eigenvalue weighted by Crippen LogP contribution is 2.48. The van der Waals surface area contributed by atoms with Crippen molar-refractivity contribution in [2.75, 3.05) is 4.90 Å². The van der Waals surface area contributed by atoms with Crippen LogP contribution in [0.15, 0.2) is 146 Å². The van der Waals surface area contributed by atoms with E-state index in [1.807, 2.05) is 11.3 Å². The molecular weight excluding hydrogens is 515 g/mol. The lowest BCUT2D eigenvalue weighted by Crippen LogP contribution is -2.11. The molecule has 8 rings (SSSR count). The van der Waals surface area contributed by atoms with Crippen molar-refractivity contribution in [1.29, 1.82) is 0 Å². The van der Waals surface area contributed by atoms with Crippen LogP contribution in [0.2, 0.25) is 0 Å². The molecule has 1 heterocycles. The number of thiophene rings is 1. The smallest absolute Gasteiger partial charge is 0.0640 e. The molecule has 1 aromatic heterocycles. The lowest BCUT2D eigenvalue weighted by Gasteiger charge is -2.29. The average molecular weight is 542 g/mol. The number of benzene rings is 7. The minimum Gasteiger partial charge on any atom is -0.308 e. The average Bonchev–Trinajstić information content (AvgIpc) is 3.41. The number of hydrogen-bond donors (Lipinski definition) is 0. The van der Waals surface area contributed by atoms with Crippen molar-refractivity contribution in [2.45, 2.75) is 6.92 Å². The Morgan fingerprint density at radius 3 is 2.02 bits per heavy atom. The molecule has 0 unspecified atom stereocenters. The number of nitrogens with zero attached hydrogens (tertiary/aromatic N) is 1. The van der Waals surface area contributed by atoms with Crippen LogP contribution in [0.5, 0.6) is 0 Å².